The van der Waals surface area contributed by atoms with E-state index < -0.39 is 5.97 Å². The molecule has 1 fully saturated rings. The lowest BCUT2D eigenvalue weighted by Gasteiger charge is -2.05. The fourth-order valence-electron chi connectivity index (χ4n) is 1.80. The van der Waals surface area contributed by atoms with Crippen LogP contribution >= 0.6 is 11.3 Å². The van der Waals surface area contributed by atoms with Crippen LogP contribution in [0.1, 0.15) is 39.3 Å². The van der Waals surface area contributed by atoms with E-state index in [1.165, 1.54) is 11.3 Å². The Kier molecular flexibility index (Phi) is 2.94. The van der Waals surface area contributed by atoms with Crippen LogP contribution in [0.15, 0.2) is 6.07 Å². The molecule has 0 atom stereocenters. The maximum atomic E-state index is 11.1. The third-order valence-electron chi connectivity index (χ3n) is 2.83. The molecule has 2 aromatic heterocycles. The highest BCUT2D eigenvalue weighted by atomic mass is 32.1. The molecule has 1 aliphatic rings. The summed E-state index contributed by atoms with van der Waals surface area (Å²) in [6, 6.07) is 2.09. The van der Waals surface area contributed by atoms with Gasteiger partial charge in [-0.15, -0.1) is 16.4 Å². The lowest BCUT2D eigenvalue weighted by atomic mass is 10.4. The second kappa shape index (κ2) is 4.61. The molecule has 100 valence electrons. The minimum atomic E-state index is -0.977. The van der Waals surface area contributed by atoms with Gasteiger partial charge < -0.3 is 9.84 Å². The van der Waals surface area contributed by atoms with E-state index in [1.807, 2.05) is 6.92 Å². The number of aromatic nitrogens is 4. The zero-order valence-corrected chi connectivity index (χ0v) is 11.1. The van der Waals surface area contributed by atoms with Crippen molar-refractivity contribution in [3.8, 4) is 5.75 Å². The number of carboxylic acids is 1. The predicted octanol–water partition coefficient (Wildman–Crippen LogP) is 1.66. The average molecular weight is 280 g/mol. The number of carbonyl (C=O) groups is 1. The summed E-state index contributed by atoms with van der Waals surface area (Å²) in [5, 5.41) is 20.5. The topological polar surface area (TPSA) is 90.1 Å². The zero-order chi connectivity index (χ0) is 13.4. The Balaban J connectivity index is 1.75. The number of hydrogen-bond donors (Lipinski definition) is 1. The van der Waals surface area contributed by atoms with Crippen LogP contribution in [0.4, 0.5) is 0 Å². The number of hydrogen-bond acceptors (Lipinski definition) is 6. The van der Waals surface area contributed by atoms with Gasteiger partial charge in [0.25, 0.3) is 0 Å². The van der Waals surface area contributed by atoms with Gasteiger partial charge in [0.1, 0.15) is 12.4 Å². The number of thiophene rings is 1. The Morgan fingerprint density at radius 2 is 2.42 bits per heavy atom. The Morgan fingerprint density at radius 3 is 3.11 bits per heavy atom. The van der Waals surface area contributed by atoms with E-state index in [4.69, 9.17) is 9.84 Å². The van der Waals surface area contributed by atoms with Gasteiger partial charge in [-0.05, 0) is 36.3 Å². The normalized spacial score (nSPS) is 14.6. The summed E-state index contributed by atoms with van der Waals surface area (Å²) in [5.41, 5.74) is 0. The fraction of sp³-hybridized carbons (Fsp3) is 0.455. The minimum absolute atomic E-state index is 0.181. The van der Waals surface area contributed by atoms with Gasteiger partial charge in [-0.25, -0.2) is 9.48 Å². The molecule has 2 aromatic rings. The maximum absolute atomic E-state index is 11.1. The van der Waals surface area contributed by atoms with Gasteiger partial charge in [-0.3, -0.25) is 0 Å². The van der Waals surface area contributed by atoms with E-state index in [0.717, 1.165) is 17.7 Å². The molecule has 0 bridgehead atoms. The van der Waals surface area contributed by atoms with Crippen LogP contribution in [0.25, 0.3) is 0 Å². The summed E-state index contributed by atoms with van der Waals surface area (Å²) in [4.78, 5) is 12.2. The molecular weight excluding hydrogens is 268 g/mol. The summed E-state index contributed by atoms with van der Waals surface area (Å²) < 4.78 is 7.30. The van der Waals surface area contributed by atoms with E-state index >= 15 is 0 Å². The van der Waals surface area contributed by atoms with Crippen molar-refractivity contribution in [3.05, 3.63) is 21.6 Å². The van der Waals surface area contributed by atoms with Gasteiger partial charge in [0.2, 0.25) is 0 Å². The smallest absolute Gasteiger partial charge is 0.349 e. The molecule has 2 heterocycles. The molecule has 1 aliphatic carbocycles. The molecule has 8 heteroatoms. The maximum Gasteiger partial charge on any atom is 0.349 e. The number of aryl methyl sites for hydroxylation is 1. The number of rotatable bonds is 5. The third kappa shape index (κ3) is 2.43. The van der Waals surface area contributed by atoms with Crippen molar-refractivity contribution in [2.45, 2.75) is 32.4 Å². The van der Waals surface area contributed by atoms with E-state index in [9.17, 15) is 4.79 Å². The first kappa shape index (κ1) is 12.1. The quantitative estimate of drug-likeness (QED) is 0.895. The monoisotopic (exact) mass is 280 g/mol. The molecule has 7 nitrogen and oxygen atoms in total. The Morgan fingerprint density at radius 1 is 1.63 bits per heavy atom. The fourth-order valence-corrected chi connectivity index (χ4v) is 2.59. The van der Waals surface area contributed by atoms with Crippen molar-refractivity contribution in [2.24, 2.45) is 0 Å². The molecule has 0 unspecified atom stereocenters. The number of aromatic carboxylic acids is 1. The molecule has 0 saturated heterocycles. The summed E-state index contributed by atoms with van der Waals surface area (Å²) in [5.74, 6) is 0.0259. The first-order valence-electron chi connectivity index (χ1n) is 5.88. The summed E-state index contributed by atoms with van der Waals surface area (Å²) in [7, 11) is 0. The molecule has 19 heavy (non-hydrogen) atoms. The van der Waals surface area contributed by atoms with Crippen LogP contribution in [0.5, 0.6) is 5.75 Å². The minimum Gasteiger partial charge on any atom is -0.484 e. The molecule has 0 radical (unpaired) electrons. The van der Waals surface area contributed by atoms with Gasteiger partial charge in [-0.2, -0.15) is 0 Å². The predicted molar refractivity (Wildman–Crippen MR) is 66.4 cm³/mol. The molecule has 0 aliphatic heterocycles. The number of nitrogens with zero attached hydrogens (tertiary/aromatic N) is 4. The Labute approximate surface area is 112 Å². The van der Waals surface area contributed by atoms with Gasteiger partial charge in [0, 0.05) is 4.88 Å². The Hall–Kier alpha value is -1.96. The third-order valence-corrected chi connectivity index (χ3v) is 3.85. The van der Waals surface area contributed by atoms with Crippen LogP contribution in [-0.4, -0.2) is 31.3 Å². The molecular formula is C11H12N4O3S. The van der Waals surface area contributed by atoms with Crippen LogP contribution in [0, 0.1) is 6.92 Å². The number of ether oxygens (including phenoxy) is 1. The molecule has 3 rings (SSSR count). The van der Waals surface area contributed by atoms with Crippen molar-refractivity contribution >= 4 is 17.3 Å². The van der Waals surface area contributed by atoms with Crippen LogP contribution in [-0.2, 0) is 6.61 Å². The second-order valence-corrected chi connectivity index (χ2v) is 5.67. The van der Waals surface area contributed by atoms with Gasteiger partial charge in [0.15, 0.2) is 10.7 Å². The van der Waals surface area contributed by atoms with Crippen molar-refractivity contribution < 1.29 is 14.6 Å². The van der Waals surface area contributed by atoms with E-state index in [-0.39, 0.29) is 11.5 Å². The van der Waals surface area contributed by atoms with E-state index in [1.54, 1.807) is 10.7 Å². The largest absolute Gasteiger partial charge is 0.484 e. The van der Waals surface area contributed by atoms with Crippen molar-refractivity contribution in [3.63, 3.8) is 0 Å². The summed E-state index contributed by atoms with van der Waals surface area (Å²) >= 11 is 1.20. The van der Waals surface area contributed by atoms with Crippen LogP contribution < -0.4 is 4.74 Å². The van der Waals surface area contributed by atoms with Crippen molar-refractivity contribution in [1.82, 2.24) is 20.2 Å². The van der Waals surface area contributed by atoms with Gasteiger partial charge in [-0.1, -0.05) is 0 Å². The lowest BCUT2D eigenvalue weighted by Crippen LogP contribution is -2.08. The number of tetrazole rings is 1. The molecule has 0 amide bonds. The van der Waals surface area contributed by atoms with Crippen LogP contribution in [0.3, 0.4) is 0 Å². The molecule has 1 saturated carbocycles. The Bertz CT molecular complexity index is 617. The number of carboxylic acid groups (broad SMARTS) is 1. The SMILES string of the molecule is Cc1cc(OCc2nnnn2C2CC2)c(C(=O)O)s1. The second-order valence-electron chi connectivity index (χ2n) is 4.42. The summed E-state index contributed by atoms with van der Waals surface area (Å²) in [6.07, 6.45) is 2.16. The molecule has 0 aromatic carbocycles. The molecule has 1 N–H and O–H groups in total. The standard InChI is InChI=1S/C11H12N4O3S/c1-6-4-8(10(19-6)11(16)17)18-5-9-12-13-14-15(9)7-2-3-7/h4,7H,2-3,5H2,1H3,(H,16,17). The highest BCUT2D eigenvalue weighted by molar-refractivity contribution is 7.14. The zero-order valence-electron chi connectivity index (χ0n) is 10.2. The van der Waals surface area contributed by atoms with Crippen molar-refractivity contribution in [1.29, 1.82) is 0 Å². The highest BCUT2D eigenvalue weighted by Crippen LogP contribution is 2.35. The van der Waals surface area contributed by atoms with E-state index in [0.29, 0.717) is 17.6 Å². The van der Waals surface area contributed by atoms with Crippen molar-refractivity contribution in [2.75, 3.05) is 0 Å². The summed E-state index contributed by atoms with van der Waals surface area (Å²) in [6.45, 7) is 2.03. The first-order chi connectivity index (χ1) is 9.15. The van der Waals surface area contributed by atoms with E-state index in [2.05, 4.69) is 15.5 Å². The van der Waals surface area contributed by atoms with Crippen LogP contribution in [0.2, 0.25) is 0 Å². The average Bonchev–Trinajstić information content (AvgIpc) is 2.97. The van der Waals surface area contributed by atoms with Gasteiger partial charge >= 0.3 is 5.97 Å². The first-order valence-corrected chi connectivity index (χ1v) is 6.70. The van der Waals surface area contributed by atoms with Gasteiger partial charge in [0.05, 0.1) is 6.04 Å². The lowest BCUT2D eigenvalue weighted by molar-refractivity contribution is 0.0697. The molecule has 0 spiro atoms. The highest BCUT2D eigenvalue weighted by Gasteiger charge is 2.28.